The zero-order valence-corrected chi connectivity index (χ0v) is 17.1. The number of carbonyl (C=O) groups excluding carboxylic acids is 1. The topological polar surface area (TPSA) is 36.4 Å². The van der Waals surface area contributed by atoms with Gasteiger partial charge in [0.2, 0.25) is 0 Å². The number of likely N-dealkylation sites (N-methyl/N-ethyl adjacent to an activating group) is 1. The normalized spacial score (nSPS) is 11.3. The molecular weight excluding hydrogens is 471 g/mol. The van der Waals surface area contributed by atoms with Crippen molar-refractivity contribution < 1.29 is 13.6 Å². The molecule has 0 atom stereocenters. The van der Waals surface area contributed by atoms with Gasteiger partial charge >= 0.3 is 0 Å². The molecule has 1 heterocycles. The smallest absolute Gasteiger partial charge is 0.261 e. The first-order valence-electron chi connectivity index (χ1n) is 7.83. The summed E-state index contributed by atoms with van der Waals surface area (Å²) in [4.78, 5) is 20.9. The summed E-state index contributed by atoms with van der Waals surface area (Å²) in [7, 11) is 3.81. The van der Waals surface area contributed by atoms with E-state index in [9.17, 15) is 13.6 Å². The Bertz CT molecular complexity index is 961. The molecule has 0 bridgehead atoms. The molecule has 0 saturated carbocycles. The van der Waals surface area contributed by atoms with E-state index >= 15 is 0 Å². The summed E-state index contributed by atoms with van der Waals surface area (Å²) >= 11 is 3.22. The molecule has 0 saturated heterocycles. The second-order valence-corrected chi connectivity index (χ2v) is 8.14. The molecule has 0 radical (unpaired) electrons. The first-order valence-corrected chi connectivity index (χ1v) is 9.73. The number of hydrogen-bond acceptors (Lipinski definition) is 4. The Morgan fingerprint density at radius 1 is 1.19 bits per heavy atom. The van der Waals surface area contributed by atoms with Gasteiger partial charge in [-0.05, 0) is 54.9 Å². The molecule has 3 rings (SSSR count). The van der Waals surface area contributed by atoms with Crippen molar-refractivity contribution in [1.29, 1.82) is 0 Å². The van der Waals surface area contributed by atoms with E-state index in [-0.39, 0.29) is 11.4 Å². The first kappa shape index (κ1) is 19.1. The standard InChI is InChI=1S/C18H16F2IN3OS/c1-23(2)7-8-24(17(25)12-5-3-4-6-14(12)21)18-22-16-13(20)9-11(19)10-15(16)26-18/h3-6,9-10H,7-8H2,1-2H3. The minimum absolute atomic E-state index is 0.0804. The van der Waals surface area contributed by atoms with Crippen LogP contribution >= 0.6 is 33.9 Å². The van der Waals surface area contributed by atoms with Gasteiger partial charge in [0.15, 0.2) is 10.9 Å². The lowest BCUT2D eigenvalue weighted by atomic mass is 10.2. The van der Waals surface area contributed by atoms with Gasteiger partial charge in [-0.15, -0.1) is 0 Å². The average Bonchev–Trinajstić information content (AvgIpc) is 2.99. The lowest BCUT2D eigenvalue weighted by Crippen LogP contribution is -2.37. The van der Waals surface area contributed by atoms with Crippen LogP contribution in [0.1, 0.15) is 10.4 Å². The Kier molecular flexibility index (Phi) is 5.83. The van der Waals surface area contributed by atoms with Crippen LogP contribution in [0, 0.1) is 15.2 Å². The first-order chi connectivity index (χ1) is 12.4. The number of aromatic nitrogens is 1. The van der Waals surface area contributed by atoms with E-state index in [1.165, 1.54) is 11.0 Å². The summed E-state index contributed by atoms with van der Waals surface area (Å²) in [6.07, 6.45) is 0. The molecule has 3 aromatic rings. The zero-order valence-electron chi connectivity index (χ0n) is 14.2. The third kappa shape index (κ3) is 4.02. The minimum atomic E-state index is -0.725. The molecule has 0 N–H and O–H groups in total. The van der Waals surface area contributed by atoms with Crippen LogP contribution in [-0.4, -0.2) is 43.0 Å². The Balaban J connectivity index is 2.05. The van der Waals surface area contributed by atoms with Crippen LogP contribution in [0.4, 0.5) is 13.9 Å². The predicted octanol–water partition coefficient (Wildman–Crippen LogP) is 4.39. The quantitative estimate of drug-likeness (QED) is 0.502. The Morgan fingerprint density at radius 2 is 1.92 bits per heavy atom. The molecule has 1 aromatic heterocycles. The van der Waals surface area contributed by atoms with Crippen LogP contribution in [0.5, 0.6) is 0 Å². The summed E-state index contributed by atoms with van der Waals surface area (Å²) < 4.78 is 28.7. The highest BCUT2D eigenvalue weighted by atomic mass is 127. The number of hydrogen-bond donors (Lipinski definition) is 0. The van der Waals surface area contributed by atoms with E-state index in [0.717, 1.165) is 21.0 Å². The summed E-state index contributed by atoms with van der Waals surface area (Å²) in [5.74, 6) is -1.59. The maximum Gasteiger partial charge on any atom is 0.261 e. The maximum atomic E-state index is 14.0. The summed E-state index contributed by atoms with van der Waals surface area (Å²) in [6.45, 7) is 1.00. The second-order valence-electron chi connectivity index (χ2n) is 5.97. The largest absolute Gasteiger partial charge is 0.308 e. The van der Waals surface area contributed by atoms with Crippen molar-refractivity contribution in [2.75, 3.05) is 32.1 Å². The van der Waals surface area contributed by atoms with Crippen LogP contribution < -0.4 is 4.90 Å². The highest BCUT2D eigenvalue weighted by molar-refractivity contribution is 14.1. The Labute approximate surface area is 167 Å². The van der Waals surface area contributed by atoms with Crippen molar-refractivity contribution in [2.45, 2.75) is 0 Å². The van der Waals surface area contributed by atoms with Crippen LogP contribution in [0.25, 0.3) is 10.2 Å². The van der Waals surface area contributed by atoms with E-state index in [1.807, 2.05) is 31.1 Å². The van der Waals surface area contributed by atoms with Crippen molar-refractivity contribution in [3.8, 4) is 0 Å². The van der Waals surface area contributed by atoms with Gasteiger partial charge in [0.05, 0.1) is 10.3 Å². The molecule has 8 heteroatoms. The summed E-state index contributed by atoms with van der Waals surface area (Å²) in [5.41, 5.74) is 0.634. The predicted molar refractivity (Wildman–Crippen MR) is 109 cm³/mol. The fourth-order valence-corrected chi connectivity index (χ4v) is 4.07. The van der Waals surface area contributed by atoms with E-state index in [1.54, 1.807) is 12.1 Å². The average molecular weight is 487 g/mol. The lowest BCUT2D eigenvalue weighted by molar-refractivity contribution is 0.0984. The SMILES string of the molecule is CN(C)CCN(C(=O)c1ccccc1I)c1nc2c(F)cc(F)cc2s1. The molecule has 0 fully saturated rings. The van der Waals surface area contributed by atoms with Crippen LogP contribution in [-0.2, 0) is 0 Å². The molecule has 0 unspecified atom stereocenters. The third-order valence-corrected chi connectivity index (χ3v) is 5.72. The fourth-order valence-electron chi connectivity index (χ4n) is 2.43. The van der Waals surface area contributed by atoms with Crippen molar-refractivity contribution in [1.82, 2.24) is 9.88 Å². The Morgan fingerprint density at radius 3 is 2.62 bits per heavy atom. The van der Waals surface area contributed by atoms with Crippen molar-refractivity contribution >= 4 is 55.2 Å². The van der Waals surface area contributed by atoms with Gasteiger partial charge in [-0.1, -0.05) is 23.5 Å². The molecule has 26 heavy (non-hydrogen) atoms. The molecule has 0 aliphatic rings. The van der Waals surface area contributed by atoms with Gasteiger partial charge in [0, 0.05) is 22.7 Å². The van der Waals surface area contributed by atoms with Crippen LogP contribution in [0.15, 0.2) is 36.4 Å². The molecule has 136 valence electrons. The second kappa shape index (κ2) is 7.93. The van der Waals surface area contributed by atoms with Crippen molar-refractivity contribution in [3.05, 3.63) is 57.2 Å². The fraction of sp³-hybridized carbons (Fsp3) is 0.222. The number of carbonyl (C=O) groups is 1. The van der Waals surface area contributed by atoms with Gasteiger partial charge in [-0.3, -0.25) is 9.69 Å². The molecule has 0 spiro atoms. The van der Waals surface area contributed by atoms with E-state index in [4.69, 9.17) is 0 Å². The molecular formula is C18H16F2IN3OS. The highest BCUT2D eigenvalue weighted by Gasteiger charge is 2.23. The third-order valence-electron chi connectivity index (χ3n) is 3.75. The summed E-state index contributed by atoms with van der Waals surface area (Å²) in [5, 5.41) is 0.357. The zero-order chi connectivity index (χ0) is 18.8. The van der Waals surface area contributed by atoms with Gasteiger partial charge in [-0.25, -0.2) is 13.8 Å². The number of fused-ring (bicyclic) bond motifs is 1. The number of nitrogens with zero attached hydrogens (tertiary/aromatic N) is 3. The molecule has 0 aliphatic carbocycles. The molecule has 0 aliphatic heterocycles. The van der Waals surface area contributed by atoms with Gasteiger partial charge in [-0.2, -0.15) is 0 Å². The number of halogens is 3. The van der Waals surface area contributed by atoms with Gasteiger partial charge in [0.25, 0.3) is 5.91 Å². The van der Waals surface area contributed by atoms with E-state index in [2.05, 4.69) is 27.6 Å². The summed E-state index contributed by atoms with van der Waals surface area (Å²) in [6, 6.07) is 9.30. The van der Waals surface area contributed by atoms with Crippen LogP contribution in [0.2, 0.25) is 0 Å². The maximum absolute atomic E-state index is 14.0. The van der Waals surface area contributed by atoms with Gasteiger partial charge in [0.1, 0.15) is 11.3 Å². The number of anilines is 1. The Hall–Kier alpha value is -1.65. The highest BCUT2D eigenvalue weighted by Crippen LogP contribution is 2.32. The monoisotopic (exact) mass is 487 g/mol. The van der Waals surface area contributed by atoms with Gasteiger partial charge < -0.3 is 4.90 Å². The number of thiazole rings is 1. The van der Waals surface area contributed by atoms with Crippen molar-refractivity contribution in [3.63, 3.8) is 0 Å². The molecule has 4 nitrogen and oxygen atoms in total. The minimum Gasteiger partial charge on any atom is -0.308 e. The van der Waals surface area contributed by atoms with Crippen LogP contribution in [0.3, 0.4) is 0 Å². The lowest BCUT2D eigenvalue weighted by Gasteiger charge is -2.22. The number of benzene rings is 2. The molecule has 2 aromatic carbocycles. The van der Waals surface area contributed by atoms with E-state index in [0.29, 0.717) is 28.5 Å². The van der Waals surface area contributed by atoms with E-state index < -0.39 is 11.6 Å². The van der Waals surface area contributed by atoms with Crippen molar-refractivity contribution in [2.24, 2.45) is 0 Å². The number of rotatable bonds is 5. The molecule has 1 amide bonds. The number of amides is 1.